The zero-order valence-corrected chi connectivity index (χ0v) is 22.3. The number of anilines is 2. The van der Waals surface area contributed by atoms with Crippen molar-refractivity contribution < 1.29 is 9.18 Å². The second-order valence-electron chi connectivity index (χ2n) is 11.4. The molecule has 1 amide bonds. The molecular weight excluding hydrogens is 495 g/mol. The summed E-state index contributed by atoms with van der Waals surface area (Å²) in [6, 6.07) is 7.10. The molecule has 1 fully saturated rings. The topological polar surface area (TPSA) is 115 Å². The van der Waals surface area contributed by atoms with Crippen molar-refractivity contribution in [2.24, 2.45) is 5.41 Å². The van der Waals surface area contributed by atoms with Gasteiger partial charge in [-0.25, -0.2) is 14.4 Å². The highest BCUT2D eigenvalue weighted by Crippen LogP contribution is 2.34. The predicted octanol–water partition coefficient (Wildman–Crippen LogP) is 6.07. The van der Waals surface area contributed by atoms with E-state index in [9.17, 15) is 4.79 Å². The van der Waals surface area contributed by atoms with Crippen molar-refractivity contribution in [3.63, 3.8) is 0 Å². The molecule has 10 heteroatoms. The van der Waals surface area contributed by atoms with E-state index < -0.39 is 5.82 Å². The van der Waals surface area contributed by atoms with Gasteiger partial charge in [-0.1, -0.05) is 20.8 Å². The summed E-state index contributed by atoms with van der Waals surface area (Å²) in [7, 11) is 0. The highest BCUT2D eigenvalue weighted by Gasteiger charge is 2.21. The van der Waals surface area contributed by atoms with E-state index in [1.54, 1.807) is 24.7 Å². The predicted molar refractivity (Wildman–Crippen MR) is 151 cm³/mol. The maximum absolute atomic E-state index is 15.2. The minimum atomic E-state index is -0.463. The summed E-state index contributed by atoms with van der Waals surface area (Å²) >= 11 is 0. The molecule has 5 aromatic rings. The Morgan fingerprint density at radius 3 is 2.72 bits per heavy atom. The number of rotatable bonds is 5. The van der Waals surface area contributed by atoms with Crippen LogP contribution in [0, 0.1) is 11.2 Å². The lowest BCUT2D eigenvalue weighted by Gasteiger charge is -2.28. The third-order valence-corrected chi connectivity index (χ3v) is 6.96. The molecule has 200 valence electrons. The van der Waals surface area contributed by atoms with Crippen LogP contribution < -0.4 is 10.2 Å². The van der Waals surface area contributed by atoms with E-state index in [4.69, 9.17) is 4.98 Å². The van der Waals surface area contributed by atoms with Crippen LogP contribution >= 0.6 is 0 Å². The molecule has 1 aromatic carbocycles. The number of benzene rings is 1. The van der Waals surface area contributed by atoms with Crippen LogP contribution in [0.25, 0.3) is 44.7 Å². The number of hydrogen-bond donors (Lipinski definition) is 3. The van der Waals surface area contributed by atoms with Crippen LogP contribution in [0.2, 0.25) is 0 Å². The summed E-state index contributed by atoms with van der Waals surface area (Å²) in [5.74, 6) is -0.0136. The maximum Gasteiger partial charge on any atom is 0.224 e. The van der Waals surface area contributed by atoms with Gasteiger partial charge in [0.2, 0.25) is 5.91 Å². The SMILES string of the molecule is CC(C)(C)CC(=O)Nc1cncc(-c2cc(F)c3n[nH]c(-c4nc5nccc(N6CCCCC6)c5[nH]4)c3c2)c1. The molecule has 9 nitrogen and oxygen atoms in total. The first-order chi connectivity index (χ1) is 18.7. The lowest BCUT2D eigenvalue weighted by Crippen LogP contribution is -2.29. The first-order valence-electron chi connectivity index (χ1n) is 13.3. The average Bonchev–Trinajstić information content (AvgIpc) is 3.52. The van der Waals surface area contributed by atoms with Gasteiger partial charge < -0.3 is 15.2 Å². The van der Waals surface area contributed by atoms with E-state index >= 15 is 4.39 Å². The highest BCUT2D eigenvalue weighted by molar-refractivity contribution is 5.97. The van der Waals surface area contributed by atoms with E-state index in [-0.39, 0.29) is 16.8 Å². The quantitative estimate of drug-likeness (QED) is 0.256. The maximum atomic E-state index is 15.2. The van der Waals surface area contributed by atoms with Crippen molar-refractivity contribution in [1.82, 2.24) is 30.1 Å². The van der Waals surface area contributed by atoms with Gasteiger partial charge in [0.1, 0.15) is 16.7 Å². The number of imidazole rings is 1. The summed E-state index contributed by atoms with van der Waals surface area (Å²) in [5, 5.41) is 10.7. The first kappa shape index (κ1) is 25.0. The van der Waals surface area contributed by atoms with Gasteiger partial charge in [-0.05, 0) is 54.5 Å². The van der Waals surface area contributed by atoms with Gasteiger partial charge in [-0.2, -0.15) is 5.10 Å². The van der Waals surface area contributed by atoms with Crippen molar-refractivity contribution in [2.75, 3.05) is 23.3 Å². The summed E-state index contributed by atoms with van der Waals surface area (Å²) in [6.07, 6.45) is 8.96. The molecule has 0 aliphatic carbocycles. The second-order valence-corrected chi connectivity index (χ2v) is 11.4. The van der Waals surface area contributed by atoms with Crippen molar-refractivity contribution in [3.05, 3.63) is 48.7 Å². The number of halogens is 1. The molecule has 0 unspecified atom stereocenters. The molecule has 1 saturated heterocycles. The number of carbonyl (C=O) groups excluding carboxylic acids is 1. The summed E-state index contributed by atoms with van der Waals surface area (Å²) in [4.78, 5) is 31.7. The zero-order valence-electron chi connectivity index (χ0n) is 22.3. The number of nitrogens with one attached hydrogen (secondary N) is 3. The minimum absolute atomic E-state index is 0.0948. The van der Waals surface area contributed by atoms with Gasteiger partial charge in [0.25, 0.3) is 0 Å². The molecule has 0 spiro atoms. The number of amides is 1. The molecule has 1 aliphatic heterocycles. The summed E-state index contributed by atoms with van der Waals surface area (Å²) in [6.45, 7) is 8.02. The molecule has 0 atom stereocenters. The van der Waals surface area contributed by atoms with Crippen LogP contribution in [0.3, 0.4) is 0 Å². The van der Waals surface area contributed by atoms with Crippen LogP contribution in [-0.2, 0) is 4.79 Å². The van der Waals surface area contributed by atoms with Crippen LogP contribution in [0.4, 0.5) is 15.8 Å². The van der Waals surface area contributed by atoms with Gasteiger partial charge in [0.05, 0.1) is 17.6 Å². The van der Waals surface area contributed by atoms with E-state index in [2.05, 4.69) is 35.4 Å². The van der Waals surface area contributed by atoms with Gasteiger partial charge in [-0.3, -0.25) is 14.9 Å². The molecule has 5 heterocycles. The molecular formula is C29H31FN8O. The van der Waals surface area contributed by atoms with Gasteiger partial charge in [-0.15, -0.1) is 0 Å². The van der Waals surface area contributed by atoms with E-state index in [0.717, 1.165) is 37.1 Å². The Hall–Kier alpha value is -4.34. The third kappa shape index (κ3) is 5.06. The molecule has 0 saturated carbocycles. The Morgan fingerprint density at radius 1 is 1.10 bits per heavy atom. The number of aromatic nitrogens is 6. The standard InChI is InChI=1S/C29H31FN8O/c1-29(2,3)14-23(39)33-19-11-18(15-31-16-19)17-12-20-24(21(30)13-17)36-37-25(20)28-34-26-22(7-8-32-27(26)35-28)38-9-5-4-6-10-38/h7-8,11-13,15-16H,4-6,9-10,14H2,1-3H3,(H,33,39)(H,36,37)(H,32,34,35). The number of carbonyl (C=O) groups is 1. The number of pyridine rings is 2. The van der Waals surface area contributed by atoms with E-state index in [1.807, 2.05) is 32.9 Å². The third-order valence-electron chi connectivity index (χ3n) is 6.96. The number of nitrogens with zero attached hydrogens (tertiary/aromatic N) is 5. The number of hydrogen-bond acceptors (Lipinski definition) is 6. The molecule has 39 heavy (non-hydrogen) atoms. The van der Waals surface area contributed by atoms with Crippen LogP contribution in [-0.4, -0.2) is 49.1 Å². The fourth-order valence-corrected chi connectivity index (χ4v) is 5.19. The zero-order chi connectivity index (χ0) is 27.1. The molecule has 1 aliphatic rings. The molecule has 0 radical (unpaired) electrons. The Morgan fingerprint density at radius 2 is 1.92 bits per heavy atom. The van der Waals surface area contributed by atoms with Crippen molar-refractivity contribution in [1.29, 1.82) is 0 Å². The minimum Gasteiger partial charge on any atom is -0.370 e. The largest absolute Gasteiger partial charge is 0.370 e. The first-order valence-corrected chi connectivity index (χ1v) is 13.3. The fraction of sp³-hybridized carbons (Fsp3) is 0.345. The highest BCUT2D eigenvalue weighted by atomic mass is 19.1. The monoisotopic (exact) mass is 526 g/mol. The van der Waals surface area contributed by atoms with E-state index in [1.165, 1.54) is 12.5 Å². The molecule has 3 N–H and O–H groups in total. The fourth-order valence-electron chi connectivity index (χ4n) is 5.19. The number of piperidine rings is 1. The van der Waals surface area contributed by atoms with Gasteiger partial charge in [0.15, 0.2) is 17.3 Å². The number of fused-ring (bicyclic) bond motifs is 2. The number of H-pyrrole nitrogens is 2. The van der Waals surface area contributed by atoms with Crippen molar-refractivity contribution >= 4 is 39.3 Å². The smallest absolute Gasteiger partial charge is 0.224 e. The van der Waals surface area contributed by atoms with Crippen molar-refractivity contribution in [3.8, 4) is 22.6 Å². The van der Waals surface area contributed by atoms with Gasteiger partial charge in [0, 0.05) is 42.9 Å². The average molecular weight is 527 g/mol. The lowest BCUT2D eigenvalue weighted by molar-refractivity contribution is -0.117. The number of aromatic amines is 2. The normalized spacial score (nSPS) is 14.3. The Bertz CT molecular complexity index is 1680. The Labute approximate surface area is 225 Å². The summed E-state index contributed by atoms with van der Waals surface area (Å²) < 4.78 is 15.2. The second kappa shape index (κ2) is 9.76. The van der Waals surface area contributed by atoms with Gasteiger partial charge >= 0.3 is 0 Å². The molecule has 0 bridgehead atoms. The van der Waals surface area contributed by atoms with Crippen molar-refractivity contribution in [2.45, 2.75) is 46.5 Å². The Balaban J connectivity index is 1.37. The summed E-state index contributed by atoms with van der Waals surface area (Å²) in [5.41, 5.74) is 5.06. The van der Waals surface area contributed by atoms with Crippen LogP contribution in [0.15, 0.2) is 42.9 Å². The van der Waals surface area contributed by atoms with Crippen LogP contribution in [0.1, 0.15) is 46.5 Å². The Kier molecular flexibility index (Phi) is 6.25. The van der Waals surface area contributed by atoms with E-state index in [0.29, 0.717) is 45.8 Å². The van der Waals surface area contributed by atoms with Crippen LogP contribution in [0.5, 0.6) is 0 Å². The lowest BCUT2D eigenvalue weighted by atomic mass is 9.92. The molecule has 6 rings (SSSR count). The molecule has 4 aromatic heterocycles.